The Kier molecular flexibility index (Phi) is 4.53. The van der Waals surface area contributed by atoms with Crippen LogP contribution in [-0.4, -0.2) is 53.1 Å². The first-order valence-corrected chi connectivity index (χ1v) is 8.92. The summed E-state index contributed by atoms with van der Waals surface area (Å²) in [7, 11) is 0. The molecule has 2 aliphatic heterocycles. The van der Waals surface area contributed by atoms with Gasteiger partial charge in [-0.3, -0.25) is 4.79 Å². The summed E-state index contributed by atoms with van der Waals surface area (Å²) in [5.41, 5.74) is 0. The second-order valence-electron chi connectivity index (χ2n) is 6.69. The third-order valence-corrected chi connectivity index (χ3v) is 5.82. The summed E-state index contributed by atoms with van der Waals surface area (Å²) in [6, 6.07) is 0. The molecule has 0 aliphatic carbocycles. The van der Waals surface area contributed by atoms with Gasteiger partial charge in [-0.2, -0.15) is 0 Å². The lowest BCUT2D eigenvalue weighted by Gasteiger charge is -2.33. The van der Waals surface area contributed by atoms with Gasteiger partial charge < -0.3 is 9.80 Å². The zero-order chi connectivity index (χ0) is 16.6. The summed E-state index contributed by atoms with van der Waals surface area (Å²) in [5, 5.41) is 10.2. The van der Waals surface area contributed by atoms with E-state index in [1.165, 1.54) is 0 Å². The van der Waals surface area contributed by atoms with Crippen LogP contribution in [-0.2, 0) is 4.79 Å². The number of anilines is 1. The number of carbonyl (C=O) groups is 1. The Morgan fingerprint density at radius 3 is 2.57 bits per heavy atom. The first-order valence-electron chi connectivity index (χ1n) is 8.11. The van der Waals surface area contributed by atoms with Crippen LogP contribution in [0.5, 0.6) is 0 Å². The monoisotopic (exact) mass is 344 g/mol. The average Bonchev–Trinajstić information content (AvgIpc) is 3.15. The third-order valence-electron chi connectivity index (χ3n) is 4.54. The van der Waals surface area contributed by atoms with Gasteiger partial charge in [-0.1, -0.05) is 25.2 Å². The summed E-state index contributed by atoms with van der Waals surface area (Å²) < 4.78 is 26.4. The number of nitrogens with zero attached hydrogens (tertiary/aromatic N) is 4. The Hall–Kier alpha value is -1.31. The Bertz CT molecular complexity index is 568. The minimum atomic E-state index is -2.61. The first-order chi connectivity index (χ1) is 10.9. The van der Waals surface area contributed by atoms with Crippen molar-refractivity contribution in [3.05, 3.63) is 5.01 Å². The van der Waals surface area contributed by atoms with Gasteiger partial charge in [-0.15, -0.1) is 10.2 Å². The van der Waals surface area contributed by atoms with E-state index in [1.807, 2.05) is 0 Å². The van der Waals surface area contributed by atoms with E-state index < -0.39 is 5.92 Å². The summed E-state index contributed by atoms with van der Waals surface area (Å²) in [4.78, 5) is 16.2. The SMILES string of the molecule is CC(C)c1nnc(N2CCC(C(=O)N3CCC(F)(F)CC3)C2)s1. The fourth-order valence-corrected chi connectivity index (χ4v) is 3.92. The van der Waals surface area contributed by atoms with Crippen LogP contribution in [0.2, 0.25) is 0 Å². The smallest absolute Gasteiger partial charge is 0.251 e. The predicted molar refractivity (Wildman–Crippen MR) is 85.1 cm³/mol. The summed E-state index contributed by atoms with van der Waals surface area (Å²) in [6.45, 7) is 5.86. The van der Waals surface area contributed by atoms with Gasteiger partial charge in [0.2, 0.25) is 11.0 Å². The van der Waals surface area contributed by atoms with Gasteiger partial charge in [0.05, 0.1) is 5.92 Å². The highest BCUT2D eigenvalue weighted by atomic mass is 32.1. The number of hydrogen-bond donors (Lipinski definition) is 0. The first kappa shape index (κ1) is 16.5. The topological polar surface area (TPSA) is 49.3 Å². The van der Waals surface area contributed by atoms with Gasteiger partial charge >= 0.3 is 0 Å². The zero-order valence-electron chi connectivity index (χ0n) is 13.5. The molecule has 2 aliphatic rings. The van der Waals surface area contributed by atoms with Crippen molar-refractivity contribution in [1.29, 1.82) is 0 Å². The number of carbonyl (C=O) groups excluding carboxylic acids is 1. The van der Waals surface area contributed by atoms with Gasteiger partial charge in [0, 0.05) is 44.9 Å². The maximum absolute atomic E-state index is 13.2. The number of piperidine rings is 1. The third kappa shape index (κ3) is 3.62. The standard InChI is InChI=1S/C15H22F2N4OS/c1-10(2)12-18-19-14(23-12)21-6-3-11(9-21)13(22)20-7-4-15(16,17)5-8-20/h10-11H,3-9H2,1-2H3. The molecule has 2 fully saturated rings. The Balaban J connectivity index is 1.57. The highest BCUT2D eigenvalue weighted by Gasteiger charge is 2.39. The van der Waals surface area contributed by atoms with Crippen LogP contribution in [0.15, 0.2) is 0 Å². The predicted octanol–water partition coefficient (Wildman–Crippen LogP) is 2.75. The molecular formula is C15H22F2N4OS. The van der Waals surface area contributed by atoms with Crippen molar-refractivity contribution in [2.24, 2.45) is 5.92 Å². The van der Waals surface area contributed by atoms with Crippen LogP contribution in [0, 0.1) is 5.92 Å². The summed E-state index contributed by atoms with van der Waals surface area (Å²) >= 11 is 1.57. The second kappa shape index (κ2) is 6.30. The maximum atomic E-state index is 13.2. The van der Waals surface area contributed by atoms with Crippen LogP contribution >= 0.6 is 11.3 Å². The van der Waals surface area contributed by atoms with Crippen LogP contribution < -0.4 is 4.90 Å². The zero-order valence-corrected chi connectivity index (χ0v) is 14.3. The van der Waals surface area contributed by atoms with Crippen molar-refractivity contribution >= 4 is 22.4 Å². The van der Waals surface area contributed by atoms with Crippen LogP contribution in [0.25, 0.3) is 0 Å². The molecule has 1 aromatic heterocycles. The number of aromatic nitrogens is 2. The van der Waals surface area contributed by atoms with Crippen LogP contribution in [0.4, 0.5) is 13.9 Å². The fraction of sp³-hybridized carbons (Fsp3) is 0.800. The minimum Gasteiger partial charge on any atom is -0.346 e. The molecule has 0 N–H and O–H groups in total. The number of halogens is 2. The highest BCUT2D eigenvalue weighted by Crippen LogP contribution is 2.32. The van der Waals surface area contributed by atoms with E-state index in [4.69, 9.17) is 0 Å². The average molecular weight is 344 g/mol. The minimum absolute atomic E-state index is 0.0107. The van der Waals surface area contributed by atoms with Gasteiger partial charge in [0.25, 0.3) is 5.92 Å². The van der Waals surface area contributed by atoms with E-state index in [2.05, 4.69) is 28.9 Å². The molecule has 23 heavy (non-hydrogen) atoms. The van der Waals surface area contributed by atoms with E-state index in [1.54, 1.807) is 16.2 Å². The number of likely N-dealkylation sites (tertiary alicyclic amines) is 1. The van der Waals surface area contributed by atoms with Crippen LogP contribution in [0.3, 0.4) is 0 Å². The maximum Gasteiger partial charge on any atom is 0.251 e. The van der Waals surface area contributed by atoms with Crippen molar-refractivity contribution in [2.75, 3.05) is 31.1 Å². The number of rotatable bonds is 3. The molecule has 128 valence electrons. The molecule has 1 aromatic rings. The van der Waals surface area contributed by atoms with Gasteiger partial charge in [-0.25, -0.2) is 8.78 Å². The Labute approximate surface area is 138 Å². The van der Waals surface area contributed by atoms with E-state index in [-0.39, 0.29) is 37.8 Å². The van der Waals surface area contributed by atoms with Crippen molar-refractivity contribution in [3.8, 4) is 0 Å². The van der Waals surface area contributed by atoms with Crippen molar-refractivity contribution in [3.63, 3.8) is 0 Å². The number of hydrogen-bond acceptors (Lipinski definition) is 5. The lowest BCUT2D eigenvalue weighted by atomic mass is 10.0. The molecule has 0 saturated carbocycles. The summed E-state index contributed by atoms with van der Waals surface area (Å²) in [6.07, 6.45) is 0.314. The molecule has 1 amide bonds. The second-order valence-corrected chi connectivity index (χ2v) is 7.68. The number of amides is 1. The lowest BCUT2D eigenvalue weighted by molar-refractivity contribution is -0.140. The van der Waals surface area contributed by atoms with E-state index >= 15 is 0 Å². The molecule has 8 heteroatoms. The number of alkyl halides is 2. The molecule has 2 saturated heterocycles. The normalized spacial score (nSPS) is 24.5. The lowest BCUT2D eigenvalue weighted by Crippen LogP contribution is -2.45. The molecule has 0 radical (unpaired) electrons. The quantitative estimate of drug-likeness (QED) is 0.846. The van der Waals surface area contributed by atoms with Crippen molar-refractivity contribution < 1.29 is 13.6 Å². The molecule has 1 atom stereocenters. The van der Waals surface area contributed by atoms with E-state index in [0.717, 1.165) is 23.1 Å². The summed E-state index contributed by atoms with van der Waals surface area (Å²) in [5.74, 6) is -2.38. The molecule has 1 unspecified atom stereocenters. The van der Waals surface area contributed by atoms with Crippen LogP contribution in [0.1, 0.15) is 44.0 Å². The molecule has 0 bridgehead atoms. The Morgan fingerprint density at radius 1 is 1.26 bits per heavy atom. The Morgan fingerprint density at radius 2 is 1.96 bits per heavy atom. The van der Waals surface area contributed by atoms with Crippen molar-refractivity contribution in [2.45, 2.75) is 45.0 Å². The molecule has 3 heterocycles. The molecule has 0 spiro atoms. The highest BCUT2D eigenvalue weighted by molar-refractivity contribution is 7.15. The molecule has 5 nitrogen and oxygen atoms in total. The largest absolute Gasteiger partial charge is 0.346 e. The molecule has 3 rings (SSSR count). The molecular weight excluding hydrogens is 322 g/mol. The van der Waals surface area contributed by atoms with Gasteiger partial charge in [0.1, 0.15) is 5.01 Å². The van der Waals surface area contributed by atoms with Gasteiger partial charge in [0.15, 0.2) is 0 Å². The fourth-order valence-electron chi connectivity index (χ4n) is 3.04. The van der Waals surface area contributed by atoms with Gasteiger partial charge in [-0.05, 0) is 6.42 Å². The van der Waals surface area contributed by atoms with Crippen molar-refractivity contribution in [1.82, 2.24) is 15.1 Å². The van der Waals surface area contributed by atoms with E-state index in [0.29, 0.717) is 12.5 Å². The van der Waals surface area contributed by atoms with E-state index in [9.17, 15) is 13.6 Å². The molecule has 0 aromatic carbocycles.